The summed E-state index contributed by atoms with van der Waals surface area (Å²) in [5.41, 5.74) is -0.0805. The fourth-order valence-corrected chi connectivity index (χ4v) is 2.88. The molecule has 134 valence electrons. The molecule has 5 nitrogen and oxygen atoms in total. The number of halogens is 2. The van der Waals surface area contributed by atoms with Crippen LogP contribution in [0, 0.1) is 0 Å². The average Bonchev–Trinajstić information content (AvgIpc) is 2.46. The molecule has 1 unspecified atom stereocenters. The molecular weight excluding hydrogens is 338 g/mol. The van der Waals surface area contributed by atoms with Crippen LogP contribution in [0.3, 0.4) is 0 Å². The maximum absolute atomic E-state index is 12.5. The Labute approximate surface area is 144 Å². The minimum atomic E-state index is -2.71. The molecule has 0 saturated carbocycles. The fourth-order valence-electron chi connectivity index (χ4n) is 2.31. The van der Waals surface area contributed by atoms with Gasteiger partial charge in [-0.25, -0.2) is 9.78 Å². The number of thioether (sulfide) groups is 1. The molecule has 8 heteroatoms. The lowest BCUT2D eigenvalue weighted by atomic mass is 10.2. The van der Waals surface area contributed by atoms with E-state index in [1.54, 1.807) is 4.90 Å². The topological polar surface area (TPSA) is 59.5 Å². The molecule has 0 aliphatic carbocycles. The standard InChI is InChI=1S/C16H22F2N2O3S/c1-9(2)20(10(3)4)14(21)11(5)23-15(22)12-7-6-8-19-13(12)24-16(17)18/h6-11,16H,1-5H3. The molecule has 1 atom stereocenters. The van der Waals surface area contributed by atoms with E-state index in [-0.39, 0.29) is 40.3 Å². The molecule has 1 heterocycles. The first-order valence-electron chi connectivity index (χ1n) is 7.58. The second-order valence-electron chi connectivity index (χ2n) is 5.72. The van der Waals surface area contributed by atoms with Crippen LogP contribution in [0.5, 0.6) is 0 Å². The molecule has 0 radical (unpaired) electrons. The molecule has 1 aromatic heterocycles. The quantitative estimate of drug-likeness (QED) is 0.549. The SMILES string of the molecule is CC(OC(=O)c1cccnc1SC(F)F)C(=O)N(C(C)C)C(C)C. The number of nitrogens with zero attached hydrogens (tertiary/aromatic N) is 2. The van der Waals surface area contributed by atoms with Gasteiger partial charge in [-0.05, 0) is 58.5 Å². The second-order valence-corrected chi connectivity index (χ2v) is 6.69. The van der Waals surface area contributed by atoms with Crippen LogP contribution in [-0.2, 0) is 9.53 Å². The van der Waals surface area contributed by atoms with Gasteiger partial charge in [0.05, 0.1) is 5.56 Å². The number of aromatic nitrogens is 1. The molecular formula is C16H22F2N2O3S. The van der Waals surface area contributed by atoms with Crippen molar-refractivity contribution in [2.75, 3.05) is 0 Å². The number of carbonyl (C=O) groups is 2. The van der Waals surface area contributed by atoms with Gasteiger partial charge < -0.3 is 9.64 Å². The second kappa shape index (κ2) is 8.96. The van der Waals surface area contributed by atoms with E-state index in [0.29, 0.717) is 0 Å². The summed E-state index contributed by atoms with van der Waals surface area (Å²) in [4.78, 5) is 30.1. The summed E-state index contributed by atoms with van der Waals surface area (Å²) >= 11 is 0.164. The molecule has 1 rings (SSSR count). The molecule has 0 saturated heterocycles. The van der Waals surface area contributed by atoms with Gasteiger partial charge in [0.1, 0.15) is 5.03 Å². The largest absolute Gasteiger partial charge is 0.449 e. The minimum Gasteiger partial charge on any atom is -0.449 e. The molecule has 0 fully saturated rings. The molecule has 0 spiro atoms. The zero-order chi connectivity index (χ0) is 18.4. The van der Waals surface area contributed by atoms with Crippen LogP contribution < -0.4 is 0 Å². The van der Waals surface area contributed by atoms with Gasteiger partial charge in [0.15, 0.2) is 6.10 Å². The third-order valence-electron chi connectivity index (χ3n) is 3.19. The molecule has 1 amide bonds. The van der Waals surface area contributed by atoms with Gasteiger partial charge in [0.25, 0.3) is 11.7 Å². The predicted molar refractivity (Wildman–Crippen MR) is 88.1 cm³/mol. The number of amides is 1. The monoisotopic (exact) mass is 360 g/mol. The van der Waals surface area contributed by atoms with Crippen LogP contribution >= 0.6 is 11.8 Å². The van der Waals surface area contributed by atoms with Gasteiger partial charge in [-0.1, -0.05) is 0 Å². The van der Waals surface area contributed by atoms with E-state index in [9.17, 15) is 18.4 Å². The normalized spacial score (nSPS) is 12.6. The number of carbonyl (C=O) groups excluding carboxylic acids is 2. The van der Waals surface area contributed by atoms with E-state index in [2.05, 4.69) is 4.98 Å². The van der Waals surface area contributed by atoms with Crippen molar-refractivity contribution in [3.63, 3.8) is 0 Å². The van der Waals surface area contributed by atoms with Crippen molar-refractivity contribution in [3.8, 4) is 0 Å². The number of alkyl halides is 2. The number of hydrogen-bond acceptors (Lipinski definition) is 5. The Morgan fingerprint density at radius 3 is 2.25 bits per heavy atom. The van der Waals surface area contributed by atoms with Crippen molar-refractivity contribution in [3.05, 3.63) is 23.9 Å². The van der Waals surface area contributed by atoms with Crippen molar-refractivity contribution in [2.45, 2.75) is 63.6 Å². The first kappa shape index (κ1) is 20.3. The molecule has 0 bridgehead atoms. The number of pyridine rings is 1. The Morgan fingerprint density at radius 2 is 1.75 bits per heavy atom. The van der Waals surface area contributed by atoms with Crippen LogP contribution in [0.15, 0.2) is 23.4 Å². The number of hydrogen-bond donors (Lipinski definition) is 0. The van der Waals surface area contributed by atoms with Crippen LogP contribution in [0.2, 0.25) is 0 Å². The fraction of sp³-hybridized carbons (Fsp3) is 0.562. The first-order chi connectivity index (χ1) is 11.1. The van der Waals surface area contributed by atoms with E-state index in [1.165, 1.54) is 25.3 Å². The zero-order valence-electron chi connectivity index (χ0n) is 14.3. The zero-order valence-corrected chi connectivity index (χ0v) is 15.1. The molecule has 0 aliphatic heterocycles. The summed E-state index contributed by atoms with van der Waals surface area (Å²) in [7, 11) is 0. The maximum atomic E-state index is 12.5. The highest BCUT2D eigenvalue weighted by Gasteiger charge is 2.29. The van der Waals surface area contributed by atoms with Crippen LogP contribution in [0.4, 0.5) is 8.78 Å². The van der Waals surface area contributed by atoms with Gasteiger partial charge in [-0.2, -0.15) is 8.78 Å². The Kier molecular flexibility index (Phi) is 7.59. The first-order valence-corrected chi connectivity index (χ1v) is 8.46. The molecule has 1 aromatic rings. The lowest BCUT2D eigenvalue weighted by Gasteiger charge is -2.32. The van der Waals surface area contributed by atoms with E-state index < -0.39 is 17.8 Å². The van der Waals surface area contributed by atoms with Gasteiger partial charge >= 0.3 is 5.97 Å². The number of rotatable bonds is 7. The average molecular weight is 360 g/mol. The third kappa shape index (κ3) is 5.43. The summed E-state index contributed by atoms with van der Waals surface area (Å²) in [5, 5.41) is -0.123. The van der Waals surface area contributed by atoms with Crippen LogP contribution in [0.25, 0.3) is 0 Å². The molecule has 0 aromatic carbocycles. The number of esters is 1. The van der Waals surface area contributed by atoms with Gasteiger partial charge in [0.2, 0.25) is 0 Å². The number of ether oxygens (including phenoxy) is 1. The van der Waals surface area contributed by atoms with Crippen molar-refractivity contribution >= 4 is 23.6 Å². The minimum absolute atomic E-state index is 0.0537. The molecule has 24 heavy (non-hydrogen) atoms. The molecule has 0 aliphatic rings. The molecule has 0 N–H and O–H groups in total. The van der Waals surface area contributed by atoms with Crippen molar-refractivity contribution in [2.24, 2.45) is 0 Å². The van der Waals surface area contributed by atoms with Crippen LogP contribution in [0.1, 0.15) is 45.0 Å². The Hall–Kier alpha value is -1.70. The Bertz CT molecular complexity index is 574. The van der Waals surface area contributed by atoms with Crippen LogP contribution in [-0.4, -0.2) is 45.7 Å². The van der Waals surface area contributed by atoms with Crippen molar-refractivity contribution in [1.29, 1.82) is 0 Å². The lowest BCUT2D eigenvalue weighted by Crippen LogP contribution is -2.47. The van der Waals surface area contributed by atoms with Gasteiger partial charge in [0, 0.05) is 18.3 Å². The van der Waals surface area contributed by atoms with E-state index >= 15 is 0 Å². The van der Waals surface area contributed by atoms with Crippen molar-refractivity contribution < 1.29 is 23.1 Å². The van der Waals surface area contributed by atoms with Crippen molar-refractivity contribution in [1.82, 2.24) is 9.88 Å². The maximum Gasteiger partial charge on any atom is 0.341 e. The summed E-state index contributed by atoms with van der Waals surface area (Å²) < 4.78 is 30.3. The van der Waals surface area contributed by atoms with E-state index in [0.717, 1.165) is 0 Å². The Balaban J connectivity index is 2.89. The Morgan fingerprint density at radius 1 is 1.17 bits per heavy atom. The highest BCUT2D eigenvalue weighted by Crippen LogP contribution is 2.27. The predicted octanol–water partition coefficient (Wildman–Crippen LogP) is 3.59. The smallest absolute Gasteiger partial charge is 0.341 e. The third-order valence-corrected chi connectivity index (χ3v) is 3.92. The van der Waals surface area contributed by atoms with E-state index in [4.69, 9.17) is 4.74 Å². The van der Waals surface area contributed by atoms with Gasteiger partial charge in [-0.3, -0.25) is 4.79 Å². The summed E-state index contributed by atoms with van der Waals surface area (Å²) in [6.45, 7) is 8.93. The summed E-state index contributed by atoms with van der Waals surface area (Å²) in [6.07, 6.45) is 0.293. The highest BCUT2D eigenvalue weighted by molar-refractivity contribution is 7.99. The summed E-state index contributed by atoms with van der Waals surface area (Å²) in [6, 6.07) is 2.69. The lowest BCUT2D eigenvalue weighted by molar-refractivity contribution is -0.143. The highest BCUT2D eigenvalue weighted by atomic mass is 32.2. The van der Waals surface area contributed by atoms with E-state index in [1.807, 2.05) is 27.7 Å². The summed E-state index contributed by atoms with van der Waals surface area (Å²) in [5.74, 6) is -3.89. The van der Waals surface area contributed by atoms with Gasteiger partial charge in [-0.15, -0.1) is 0 Å².